The molecule has 0 aliphatic carbocycles. The maximum Gasteiger partial charge on any atom is 0.254 e. The van der Waals surface area contributed by atoms with Crippen LogP contribution in [-0.2, 0) is 6.54 Å². The fraction of sp³-hybridized carbons (Fsp3) is 0.345. The largest absolute Gasteiger partial charge is 0.368 e. The van der Waals surface area contributed by atoms with Gasteiger partial charge in [-0.3, -0.25) is 9.69 Å². The maximum absolute atomic E-state index is 13.5. The first-order valence-electron chi connectivity index (χ1n) is 12.7. The van der Waals surface area contributed by atoms with Crippen molar-refractivity contribution in [3.63, 3.8) is 0 Å². The van der Waals surface area contributed by atoms with Crippen LogP contribution in [0.5, 0.6) is 0 Å². The van der Waals surface area contributed by atoms with Crippen molar-refractivity contribution in [3.05, 3.63) is 88.1 Å². The monoisotopic (exact) mass is 514 g/mol. The average molecular weight is 515 g/mol. The third-order valence-corrected chi connectivity index (χ3v) is 7.49. The molecule has 2 aromatic carbocycles. The fourth-order valence-electron chi connectivity index (χ4n) is 5.12. The van der Waals surface area contributed by atoms with Crippen molar-refractivity contribution in [2.75, 3.05) is 62.2 Å². The topological polar surface area (TPSA) is 66.7 Å². The molecule has 0 N–H and O–H groups in total. The molecule has 1 amide bonds. The molecule has 0 bridgehead atoms. The second-order valence-electron chi connectivity index (χ2n) is 9.66. The maximum atomic E-state index is 13.5. The molecule has 37 heavy (non-hydrogen) atoms. The lowest BCUT2D eigenvalue weighted by atomic mass is 10.0. The van der Waals surface area contributed by atoms with Crippen LogP contribution in [-0.4, -0.2) is 73.0 Å². The van der Waals surface area contributed by atoms with E-state index in [0.29, 0.717) is 18.7 Å². The number of rotatable bonds is 5. The van der Waals surface area contributed by atoms with Crippen LogP contribution in [0.4, 0.5) is 11.5 Å². The number of aryl methyl sites for hydroxylation is 1. The van der Waals surface area contributed by atoms with Crippen LogP contribution in [0.2, 0.25) is 5.02 Å². The molecule has 8 heteroatoms. The minimum absolute atomic E-state index is 0.106. The standard InChI is InChI=1S/C29H31ClN6O/c1-22-7-8-23(21-33-10-12-35(13-11-33)28-24(20-31)4-3-9-32-28)18-27(22)29(37)36-16-14-34(15-17-36)26-6-2-5-25(30)19-26/h2-9,18-19H,10-17,21H2,1H3. The van der Waals surface area contributed by atoms with Gasteiger partial charge >= 0.3 is 0 Å². The van der Waals surface area contributed by atoms with Crippen LogP contribution in [0.3, 0.4) is 0 Å². The first-order chi connectivity index (χ1) is 18.0. The molecule has 1 aromatic heterocycles. The van der Waals surface area contributed by atoms with Crippen LogP contribution >= 0.6 is 11.6 Å². The number of anilines is 2. The summed E-state index contributed by atoms with van der Waals surface area (Å²) in [6, 6.07) is 20.0. The second kappa shape index (κ2) is 11.2. The smallest absolute Gasteiger partial charge is 0.254 e. The van der Waals surface area contributed by atoms with Gasteiger partial charge in [-0.15, -0.1) is 0 Å². The van der Waals surface area contributed by atoms with Gasteiger partial charge in [-0.25, -0.2) is 4.98 Å². The number of benzene rings is 2. The lowest BCUT2D eigenvalue weighted by Gasteiger charge is -2.37. The van der Waals surface area contributed by atoms with Gasteiger partial charge in [-0.05, 0) is 54.4 Å². The van der Waals surface area contributed by atoms with Crippen molar-refractivity contribution in [2.45, 2.75) is 13.5 Å². The van der Waals surface area contributed by atoms with E-state index < -0.39 is 0 Å². The molecule has 0 saturated carbocycles. The Labute approximate surface area is 223 Å². The highest BCUT2D eigenvalue weighted by Crippen LogP contribution is 2.23. The molecule has 0 atom stereocenters. The number of carbonyl (C=O) groups is 1. The molecular formula is C29H31ClN6O. The van der Waals surface area contributed by atoms with Crippen LogP contribution in [0.1, 0.15) is 27.0 Å². The zero-order valence-corrected chi connectivity index (χ0v) is 21.9. The van der Waals surface area contributed by atoms with E-state index in [1.54, 1.807) is 12.3 Å². The van der Waals surface area contributed by atoms with E-state index in [4.69, 9.17) is 11.6 Å². The van der Waals surface area contributed by atoms with Crippen molar-refractivity contribution in [1.29, 1.82) is 5.26 Å². The summed E-state index contributed by atoms with van der Waals surface area (Å²) in [5.74, 6) is 0.873. The Hall–Kier alpha value is -3.60. The van der Waals surface area contributed by atoms with Gasteiger partial charge in [-0.1, -0.05) is 29.8 Å². The first kappa shape index (κ1) is 25.1. The molecule has 2 aliphatic heterocycles. The Morgan fingerprint density at radius 1 is 0.946 bits per heavy atom. The Morgan fingerprint density at radius 2 is 1.70 bits per heavy atom. The minimum Gasteiger partial charge on any atom is -0.368 e. The summed E-state index contributed by atoms with van der Waals surface area (Å²) < 4.78 is 0. The third-order valence-electron chi connectivity index (χ3n) is 7.26. The Kier molecular flexibility index (Phi) is 7.59. The fourth-order valence-corrected chi connectivity index (χ4v) is 5.31. The molecule has 0 radical (unpaired) electrons. The highest BCUT2D eigenvalue weighted by molar-refractivity contribution is 6.30. The SMILES string of the molecule is Cc1ccc(CN2CCN(c3ncccc3C#N)CC2)cc1C(=O)N1CCN(c2cccc(Cl)c2)CC1. The zero-order chi connectivity index (χ0) is 25.8. The average Bonchev–Trinajstić information content (AvgIpc) is 2.94. The van der Waals surface area contributed by atoms with Crippen molar-refractivity contribution in [2.24, 2.45) is 0 Å². The van der Waals surface area contributed by atoms with E-state index in [-0.39, 0.29) is 5.91 Å². The van der Waals surface area contributed by atoms with E-state index in [0.717, 1.165) is 79.0 Å². The van der Waals surface area contributed by atoms with Crippen molar-refractivity contribution < 1.29 is 4.79 Å². The number of nitriles is 1. The normalized spacial score (nSPS) is 16.5. The number of hydrogen-bond donors (Lipinski definition) is 0. The van der Waals surface area contributed by atoms with E-state index in [1.807, 2.05) is 36.1 Å². The number of halogens is 1. The van der Waals surface area contributed by atoms with E-state index in [1.165, 1.54) is 0 Å². The van der Waals surface area contributed by atoms with E-state index in [9.17, 15) is 10.1 Å². The Morgan fingerprint density at radius 3 is 2.43 bits per heavy atom. The summed E-state index contributed by atoms with van der Waals surface area (Å²) in [5.41, 5.74) is 4.67. The molecule has 3 heterocycles. The van der Waals surface area contributed by atoms with Crippen LogP contribution < -0.4 is 9.80 Å². The number of pyridine rings is 1. The molecule has 2 fully saturated rings. The van der Waals surface area contributed by atoms with Crippen molar-refractivity contribution in [3.8, 4) is 6.07 Å². The van der Waals surface area contributed by atoms with Gasteiger partial charge in [0.2, 0.25) is 0 Å². The highest BCUT2D eigenvalue weighted by atomic mass is 35.5. The summed E-state index contributed by atoms with van der Waals surface area (Å²) in [4.78, 5) is 26.7. The summed E-state index contributed by atoms with van der Waals surface area (Å²) in [6.45, 7) is 9.17. The molecule has 0 unspecified atom stereocenters. The molecule has 7 nitrogen and oxygen atoms in total. The summed E-state index contributed by atoms with van der Waals surface area (Å²) in [5, 5.41) is 10.1. The molecule has 190 valence electrons. The van der Waals surface area contributed by atoms with Gasteiger partial charge < -0.3 is 14.7 Å². The van der Waals surface area contributed by atoms with Gasteiger partial charge in [-0.2, -0.15) is 5.26 Å². The summed E-state index contributed by atoms with van der Waals surface area (Å²) in [7, 11) is 0. The highest BCUT2D eigenvalue weighted by Gasteiger charge is 2.25. The van der Waals surface area contributed by atoms with Crippen LogP contribution in [0, 0.1) is 18.3 Å². The first-order valence-corrected chi connectivity index (χ1v) is 13.1. The number of hydrogen-bond acceptors (Lipinski definition) is 6. The second-order valence-corrected chi connectivity index (χ2v) is 10.1. The zero-order valence-electron chi connectivity index (χ0n) is 21.1. The Balaban J connectivity index is 1.19. The third kappa shape index (κ3) is 5.71. The van der Waals surface area contributed by atoms with Crippen LogP contribution in [0.25, 0.3) is 0 Å². The van der Waals surface area contributed by atoms with Gasteiger partial charge in [0.15, 0.2) is 0 Å². The number of nitrogens with zero attached hydrogens (tertiary/aromatic N) is 6. The molecule has 2 aliphatic rings. The van der Waals surface area contributed by atoms with Gasteiger partial charge in [0.05, 0.1) is 5.56 Å². The van der Waals surface area contributed by atoms with E-state index >= 15 is 0 Å². The predicted molar refractivity (Wildman–Crippen MR) is 147 cm³/mol. The number of piperazine rings is 2. The van der Waals surface area contributed by atoms with Gasteiger partial charge in [0.25, 0.3) is 5.91 Å². The molecular weight excluding hydrogens is 484 g/mol. The number of amides is 1. The molecule has 0 spiro atoms. The summed E-state index contributed by atoms with van der Waals surface area (Å²) >= 11 is 6.16. The quantitative estimate of drug-likeness (QED) is 0.508. The molecule has 3 aromatic rings. The predicted octanol–water partition coefficient (Wildman–Crippen LogP) is 4.20. The lowest BCUT2D eigenvalue weighted by molar-refractivity contribution is 0.0746. The number of carbonyl (C=O) groups excluding carboxylic acids is 1. The van der Waals surface area contributed by atoms with Gasteiger partial charge in [0, 0.05) is 81.4 Å². The summed E-state index contributed by atoms with van der Waals surface area (Å²) in [6.07, 6.45) is 1.74. The van der Waals surface area contributed by atoms with Crippen LogP contribution in [0.15, 0.2) is 60.8 Å². The minimum atomic E-state index is 0.106. The number of aromatic nitrogens is 1. The lowest BCUT2D eigenvalue weighted by Crippen LogP contribution is -2.49. The van der Waals surface area contributed by atoms with Crippen molar-refractivity contribution >= 4 is 29.0 Å². The van der Waals surface area contributed by atoms with Gasteiger partial charge in [0.1, 0.15) is 11.9 Å². The molecule has 2 saturated heterocycles. The van der Waals surface area contributed by atoms with Crippen molar-refractivity contribution in [1.82, 2.24) is 14.8 Å². The Bertz CT molecular complexity index is 1310. The van der Waals surface area contributed by atoms with E-state index in [2.05, 4.69) is 50.0 Å². The molecule has 5 rings (SSSR count).